The molecular formula is C64H112O12S4Si2. The predicted octanol–water partition coefficient (Wildman–Crippen LogP) is 15.0. The molecule has 4 saturated heterocycles. The van der Waals surface area contributed by atoms with Crippen LogP contribution in [0, 0.1) is 10.8 Å². The van der Waals surface area contributed by atoms with Crippen LogP contribution in [0.25, 0.3) is 0 Å². The van der Waals surface area contributed by atoms with Gasteiger partial charge in [0.25, 0.3) is 0 Å². The summed E-state index contributed by atoms with van der Waals surface area (Å²) in [6.45, 7) is 34.7. The quantitative estimate of drug-likeness (QED) is 0.0618. The molecule has 2 aromatic rings. The van der Waals surface area contributed by atoms with Gasteiger partial charge >= 0.3 is 0 Å². The zero-order chi connectivity index (χ0) is 60.7. The van der Waals surface area contributed by atoms with Gasteiger partial charge in [0.1, 0.15) is 0 Å². The Balaban J connectivity index is 0.000000301. The van der Waals surface area contributed by atoms with E-state index in [9.17, 15) is 10.2 Å². The molecule has 4 heterocycles. The first-order chi connectivity index (χ1) is 38.5. The topological polar surface area (TPSA) is 133 Å². The van der Waals surface area contributed by atoms with Crippen molar-refractivity contribution in [1.29, 1.82) is 0 Å². The number of ether oxygens (including phenoxy) is 8. The number of aliphatic hydroxyl groups is 2. The molecule has 12 nitrogen and oxygen atoms in total. The Kier molecular flexibility index (Phi) is 27.9. The number of rotatable bonds is 28. The van der Waals surface area contributed by atoms with Crippen molar-refractivity contribution in [2.45, 2.75) is 239 Å². The normalized spacial score (nSPS) is 24.2. The van der Waals surface area contributed by atoms with Gasteiger partial charge in [-0.15, -0.1) is 47.0 Å². The molecule has 4 aliphatic heterocycles. The number of hydrogen-bond donors (Lipinski definition) is 2. The number of thioether (sulfide) groups is 4. The van der Waals surface area contributed by atoms with E-state index in [2.05, 4.69) is 167 Å². The summed E-state index contributed by atoms with van der Waals surface area (Å²) < 4.78 is 64.0. The van der Waals surface area contributed by atoms with E-state index in [4.69, 9.17) is 46.7 Å². The molecule has 18 heteroatoms. The number of hydrogen-bond acceptors (Lipinski definition) is 16. The molecule has 2 aromatic carbocycles. The van der Waals surface area contributed by atoms with Gasteiger partial charge in [0.05, 0.1) is 71.2 Å². The second-order valence-corrected chi connectivity index (χ2v) is 43.0. The van der Waals surface area contributed by atoms with E-state index in [1.165, 1.54) is 12.8 Å². The van der Waals surface area contributed by atoms with E-state index in [1.807, 2.05) is 36.4 Å². The Morgan fingerprint density at radius 1 is 0.500 bits per heavy atom. The van der Waals surface area contributed by atoms with E-state index in [-0.39, 0.29) is 78.9 Å². The molecule has 0 aromatic heterocycles. The van der Waals surface area contributed by atoms with Gasteiger partial charge < -0.3 is 57.0 Å². The molecule has 6 atom stereocenters. The van der Waals surface area contributed by atoms with Crippen LogP contribution in [0.3, 0.4) is 0 Å². The molecule has 82 heavy (non-hydrogen) atoms. The van der Waals surface area contributed by atoms with Gasteiger partial charge in [0.2, 0.25) is 0 Å². The van der Waals surface area contributed by atoms with Crippen molar-refractivity contribution in [1.82, 2.24) is 0 Å². The van der Waals surface area contributed by atoms with Crippen LogP contribution < -0.4 is 0 Å². The summed E-state index contributed by atoms with van der Waals surface area (Å²) >= 11 is 8.22. The van der Waals surface area contributed by atoms with E-state index < -0.39 is 28.2 Å². The summed E-state index contributed by atoms with van der Waals surface area (Å²) in [5.74, 6) is 3.02. The fraction of sp³-hybridized carbons (Fsp3) is 0.812. The molecule has 4 fully saturated rings. The maximum atomic E-state index is 10.2. The minimum atomic E-state index is -2.07. The zero-order valence-electron chi connectivity index (χ0n) is 54.0. The highest BCUT2D eigenvalue weighted by atomic mass is 32.2. The fourth-order valence-electron chi connectivity index (χ4n) is 11.5. The van der Waals surface area contributed by atoms with Crippen molar-refractivity contribution in [2.75, 3.05) is 77.9 Å². The number of methoxy groups -OCH3 is 4. The molecule has 0 aliphatic carbocycles. The van der Waals surface area contributed by atoms with Crippen LogP contribution in [0.15, 0.2) is 60.7 Å². The van der Waals surface area contributed by atoms with Crippen LogP contribution in [0.5, 0.6) is 0 Å². The van der Waals surface area contributed by atoms with E-state index >= 15 is 0 Å². The second kappa shape index (κ2) is 31.5. The van der Waals surface area contributed by atoms with Gasteiger partial charge in [-0.05, 0) is 109 Å². The standard InChI is InChI=1S/2C32H56O6S2Si/c2*1-29(2,3)41(8,9)38-28(16-17-33)30(4,5)32(39-18-13-19-40-32)22-26-20-31(34-6,35-7)21-27(37-26)24-36-23-25-14-11-10-12-15-25/h2*10-12,14-15,26-28,33H,13,16-24H2,1-9H3/t2*26-,27+,28-/m00/s1. The molecule has 472 valence electrons. The first-order valence-corrected chi connectivity index (χ1v) is 40.1. The third-order valence-corrected chi connectivity index (χ3v) is 36.0. The van der Waals surface area contributed by atoms with Crippen molar-refractivity contribution >= 4 is 63.7 Å². The lowest BCUT2D eigenvalue weighted by Crippen LogP contribution is -2.57. The van der Waals surface area contributed by atoms with E-state index in [0.717, 1.165) is 47.0 Å². The van der Waals surface area contributed by atoms with Crippen molar-refractivity contribution in [3.8, 4) is 0 Å². The van der Waals surface area contributed by atoms with Crippen molar-refractivity contribution in [2.24, 2.45) is 10.8 Å². The summed E-state index contributed by atoms with van der Waals surface area (Å²) in [4.78, 5) is 0. The van der Waals surface area contributed by atoms with Gasteiger partial charge in [0, 0.05) is 78.2 Å². The van der Waals surface area contributed by atoms with E-state index in [1.54, 1.807) is 28.4 Å². The average molecular weight is 1260 g/mol. The van der Waals surface area contributed by atoms with Crippen molar-refractivity contribution in [3.05, 3.63) is 71.8 Å². The van der Waals surface area contributed by atoms with Crippen LogP contribution in [-0.4, -0.2) is 161 Å². The maximum Gasteiger partial charge on any atom is 0.192 e. The highest BCUT2D eigenvalue weighted by molar-refractivity contribution is 8.19. The van der Waals surface area contributed by atoms with Crippen LogP contribution in [-0.2, 0) is 60.0 Å². The van der Waals surface area contributed by atoms with Crippen molar-refractivity contribution < 1.29 is 57.0 Å². The number of benzene rings is 2. The molecular weight excluding hydrogens is 1150 g/mol. The van der Waals surface area contributed by atoms with Crippen LogP contribution in [0.2, 0.25) is 36.3 Å². The van der Waals surface area contributed by atoms with Crippen LogP contribution >= 0.6 is 47.0 Å². The largest absolute Gasteiger partial charge is 0.413 e. The summed E-state index contributed by atoms with van der Waals surface area (Å²) in [6, 6.07) is 20.5. The van der Waals surface area contributed by atoms with Crippen molar-refractivity contribution in [3.63, 3.8) is 0 Å². The highest BCUT2D eigenvalue weighted by Crippen LogP contribution is 2.62. The molecule has 2 N–H and O–H groups in total. The highest BCUT2D eigenvalue weighted by Gasteiger charge is 2.58. The molecule has 0 bridgehead atoms. The Hall–Kier alpha value is -0.206. The van der Waals surface area contributed by atoms with Gasteiger partial charge in [-0.1, -0.05) is 130 Å². The average Bonchev–Trinajstić information content (AvgIpc) is 3.64. The minimum absolute atomic E-state index is 0.0605. The fourth-order valence-corrected chi connectivity index (χ4v) is 22.2. The smallest absolute Gasteiger partial charge is 0.192 e. The van der Waals surface area contributed by atoms with Gasteiger partial charge in [-0.3, -0.25) is 0 Å². The zero-order valence-corrected chi connectivity index (χ0v) is 59.3. The van der Waals surface area contributed by atoms with Gasteiger partial charge in [-0.25, -0.2) is 0 Å². The first kappa shape index (κ1) is 72.5. The Morgan fingerprint density at radius 3 is 1.09 bits per heavy atom. The summed E-state index contributed by atoms with van der Waals surface area (Å²) in [5.41, 5.74) is 1.86. The molecule has 0 saturated carbocycles. The first-order valence-electron chi connectivity index (χ1n) is 30.3. The lowest BCUT2D eigenvalue weighted by Gasteiger charge is -2.55. The monoisotopic (exact) mass is 1260 g/mol. The molecule has 0 amide bonds. The molecule has 0 spiro atoms. The lowest BCUT2D eigenvalue weighted by atomic mass is 9.77. The predicted molar refractivity (Wildman–Crippen MR) is 350 cm³/mol. The SMILES string of the molecule is COC1(OC)C[C@H](COCc2ccccc2)O[C@H](CC2(C(C)(C)[C@H](CCO)O[Si](C)(C)C(C)(C)C)SCCCS2)C1.COC1(OC)C[C@H](COCc2ccccc2)O[C@H](CC2(C(C)(C)[C@H](CCO)O[Si](C)(C)C(C)(C)C)SCCCS2)C1. The molecule has 0 unspecified atom stereocenters. The molecule has 0 radical (unpaired) electrons. The Bertz CT molecular complexity index is 1970. The third kappa shape index (κ3) is 18.9. The Morgan fingerprint density at radius 2 is 0.805 bits per heavy atom. The summed E-state index contributed by atoms with van der Waals surface area (Å²) in [7, 11) is 2.81. The van der Waals surface area contributed by atoms with Crippen LogP contribution in [0.4, 0.5) is 0 Å². The minimum Gasteiger partial charge on any atom is -0.413 e. The summed E-state index contributed by atoms with van der Waals surface area (Å²) in [5, 5.41) is 20.6. The third-order valence-electron chi connectivity index (χ3n) is 19.0. The second-order valence-electron chi connectivity index (χ2n) is 27.4. The lowest BCUT2D eigenvalue weighted by molar-refractivity contribution is -0.279. The molecule has 6 rings (SSSR count). The molecule has 4 aliphatic rings. The maximum absolute atomic E-state index is 10.2. The van der Waals surface area contributed by atoms with Crippen LogP contribution in [0.1, 0.15) is 145 Å². The van der Waals surface area contributed by atoms with E-state index in [0.29, 0.717) is 65.0 Å². The van der Waals surface area contributed by atoms with Gasteiger partial charge in [-0.2, -0.15) is 0 Å². The Labute approximate surface area is 517 Å². The number of aliphatic hydroxyl groups excluding tert-OH is 2. The van der Waals surface area contributed by atoms with Gasteiger partial charge in [0.15, 0.2) is 28.2 Å². The summed E-state index contributed by atoms with van der Waals surface area (Å²) in [6.07, 6.45) is 7.44.